The van der Waals surface area contributed by atoms with Crippen LogP contribution in [0.1, 0.15) is 37.5 Å². The van der Waals surface area contributed by atoms with Gasteiger partial charge in [0.15, 0.2) is 5.82 Å². The molecule has 1 heterocycles. The van der Waals surface area contributed by atoms with E-state index < -0.39 is 6.10 Å². The van der Waals surface area contributed by atoms with Gasteiger partial charge >= 0.3 is 6.03 Å². The van der Waals surface area contributed by atoms with Crippen molar-refractivity contribution in [2.75, 3.05) is 6.54 Å². The quantitative estimate of drug-likeness (QED) is 0.561. The smallest absolute Gasteiger partial charge is 0.315 e. The molecule has 0 aliphatic heterocycles. The normalized spacial score (nSPS) is 16.0. The molecular formula is C17H22ClN5O3. The summed E-state index contributed by atoms with van der Waals surface area (Å²) in [6.45, 7) is 2.40. The summed E-state index contributed by atoms with van der Waals surface area (Å²) < 4.78 is 5.68. The van der Waals surface area contributed by atoms with Crippen LogP contribution in [0.4, 0.5) is 4.79 Å². The number of amides is 2. The van der Waals surface area contributed by atoms with E-state index in [-0.39, 0.29) is 24.6 Å². The van der Waals surface area contributed by atoms with Crippen LogP contribution in [0, 0.1) is 5.92 Å². The van der Waals surface area contributed by atoms with Crippen molar-refractivity contribution in [3.8, 4) is 5.75 Å². The van der Waals surface area contributed by atoms with Crippen LogP contribution >= 0.6 is 11.6 Å². The molecule has 1 aliphatic carbocycles. The maximum absolute atomic E-state index is 11.9. The Morgan fingerprint density at radius 1 is 1.38 bits per heavy atom. The molecule has 1 unspecified atom stereocenters. The highest BCUT2D eigenvalue weighted by Gasteiger charge is 2.33. The minimum absolute atomic E-state index is 0.197. The van der Waals surface area contributed by atoms with Crippen molar-refractivity contribution in [1.29, 1.82) is 0 Å². The molecule has 0 bridgehead atoms. The summed E-state index contributed by atoms with van der Waals surface area (Å²) in [6, 6.07) is 6.70. The number of nitrogens with one attached hydrogen (secondary N) is 3. The molecule has 0 saturated heterocycles. The molecule has 2 aromatic rings. The topological polar surface area (TPSA) is 112 Å². The second-order valence-electron chi connectivity index (χ2n) is 6.37. The van der Waals surface area contributed by atoms with Crippen molar-refractivity contribution in [3.05, 3.63) is 40.9 Å². The molecule has 1 fully saturated rings. The molecule has 1 aromatic heterocycles. The van der Waals surface area contributed by atoms with Crippen LogP contribution in [0.5, 0.6) is 5.75 Å². The maximum atomic E-state index is 11.9. The Kier molecular flexibility index (Phi) is 5.95. The molecule has 9 heteroatoms. The van der Waals surface area contributed by atoms with Gasteiger partial charge < -0.3 is 20.5 Å². The Hall–Kier alpha value is -2.32. The molecule has 2 atom stereocenters. The number of hydrogen-bond acceptors (Lipinski definition) is 5. The van der Waals surface area contributed by atoms with Crippen LogP contribution < -0.4 is 15.4 Å². The number of hydrogen-bond donors (Lipinski definition) is 4. The molecule has 0 radical (unpaired) electrons. The molecule has 8 nitrogen and oxygen atoms in total. The summed E-state index contributed by atoms with van der Waals surface area (Å²) in [5, 5.41) is 22.7. The Morgan fingerprint density at radius 3 is 2.81 bits per heavy atom. The Bertz CT molecular complexity index is 732. The lowest BCUT2D eigenvalue weighted by molar-refractivity contribution is 0.144. The third-order valence-corrected chi connectivity index (χ3v) is 4.25. The van der Waals surface area contributed by atoms with Gasteiger partial charge in [-0.15, -0.1) is 0 Å². The Labute approximate surface area is 156 Å². The van der Waals surface area contributed by atoms with E-state index in [1.54, 1.807) is 24.3 Å². The lowest BCUT2D eigenvalue weighted by atomic mass is 10.2. The lowest BCUT2D eigenvalue weighted by Gasteiger charge is -2.15. The van der Waals surface area contributed by atoms with Crippen molar-refractivity contribution in [3.63, 3.8) is 0 Å². The number of carbonyl (C=O) groups is 1. The number of benzene rings is 1. The molecule has 3 rings (SSSR count). The Balaban J connectivity index is 1.36. The number of nitrogens with zero attached hydrogens (tertiary/aromatic N) is 2. The summed E-state index contributed by atoms with van der Waals surface area (Å²) in [7, 11) is 0. The average molecular weight is 380 g/mol. The van der Waals surface area contributed by atoms with Gasteiger partial charge in [0.05, 0.1) is 13.1 Å². The summed E-state index contributed by atoms with van der Waals surface area (Å²) in [5.41, 5.74) is 0. The van der Waals surface area contributed by atoms with Gasteiger partial charge in [-0.1, -0.05) is 11.6 Å². The van der Waals surface area contributed by atoms with Crippen molar-refractivity contribution >= 4 is 17.6 Å². The monoisotopic (exact) mass is 379 g/mol. The number of urea groups is 1. The molecule has 4 N–H and O–H groups in total. The van der Waals surface area contributed by atoms with Crippen LogP contribution in [0.2, 0.25) is 5.02 Å². The van der Waals surface area contributed by atoms with Crippen molar-refractivity contribution in [2.24, 2.45) is 5.92 Å². The summed E-state index contributed by atoms with van der Waals surface area (Å²) in [4.78, 5) is 16.1. The van der Waals surface area contributed by atoms with E-state index in [1.807, 2.05) is 6.92 Å². The van der Waals surface area contributed by atoms with E-state index >= 15 is 0 Å². The maximum Gasteiger partial charge on any atom is 0.315 e. The van der Waals surface area contributed by atoms with Crippen LogP contribution in [-0.4, -0.2) is 39.0 Å². The molecule has 2 amide bonds. The largest absolute Gasteiger partial charge is 0.489 e. The van der Waals surface area contributed by atoms with E-state index in [0.717, 1.165) is 12.8 Å². The highest BCUT2D eigenvalue weighted by Crippen LogP contribution is 2.39. The minimum atomic E-state index is -0.625. The predicted octanol–water partition coefficient (Wildman–Crippen LogP) is 2.17. The van der Waals surface area contributed by atoms with E-state index in [9.17, 15) is 9.90 Å². The first-order valence-corrected chi connectivity index (χ1v) is 8.92. The minimum Gasteiger partial charge on any atom is -0.489 e. The average Bonchev–Trinajstić information content (AvgIpc) is 3.37. The fourth-order valence-corrected chi connectivity index (χ4v) is 2.52. The second-order valence-corrected chi connectivity index (χ2v) is 6.80. The van der Waals surface area contributed by atoms with Crippen molar-refractivity contribution in [2.45, 2.75) is 38.5 Å². The predicted molar refractivity (Wildman–Crippen MR) is 95.8 cm³/mol. The van der Waals surface area contributed by atoms with Gasteiger partial charge in [0.25, 0.3) is 0 Å². The van der Waals surface area contributed by atoms with E-state index in [2.05, 4.69) is 25.8 Å². The molecule has 1 saturated carbocycles. The van der Waals surface area contributed by atoms with Crippen LogP contribution in [0.3, 0.4) is 0 Å². The lowest BCUT2D eigenvalue weighted by Crippen LogP contribution is -2.40. The SMILES string of the molecule is C[C@@H](CNC(=O)NCc1nc(C(O)C2CC2)n[nH]1)Oc1ccc(Cl)cc1. The number of aliphatic hydroxyl groups excluding tert-OH is 1. The molecular weight excluding hydrogens is 358 g/mol. The number of H-pyrrole nitrogens is 1. The first-order chi connectivity index (χ1) is 12.5. The second kappa shape index (κ2) is 8.37. The van der Waals surface area contributed by atoms with Crippen molar-refractivity contribution in [1.82, 2.24) is 25.8 Å². The van der Waals surface area contributed by atoms with Gasteiger partial charge in [-0.05, 0) is 49.9 Å². The molecule has 0 spiro atoms. The number of aromatic nitrogens is 3. The zero-order valence-electron chi connectivity index (χ0n) is 14.4. The number of aromatic amines is 1. The van der Waals surface area contributed by atoms with E-state index in [0.29, 0.717) is 29.0 Å². The van der Waals surface area contributed by atoms with Crippen molar-refractivity contribution < 1.29 is 14.6 Å². The third-order valence-electron chi connectivity index (χ3n) is 4.00. The van der Waals surface area contributed by atoms with Crippen LogP contribution in [0.15, 0.2) is 24.3 Å². The molecule has 1 aromatic carbocycles. The number of ether oxygens (including phenoxy) is 1. The van der Waals surface area contributed by atoms with Crippen LogP contribution in [-0.2, 0) is 6.54 Å². The molecule has 26 heavy (non-hydrogen) atoms. The van der Waals surface area contributed by atoms with Crippen LogP contribution in [0.25, 0.3) is 0 Å². The number of rotatable bonds is 8. The van der Waals surface area contributed by atoms with Gasteiger partial charge in [0, 0.05) is 5.02 Å². The Morgan fingerprint density at radius 2 is 2.12 bits per heavy atom. The van der Waals surface area contributed by atoms with Gasteiger partial charge in [-0.25, -0.2) is 9.78 Å². The fourth-order valence-electron chi connectivity index (χ4n) is 2.39. The standard InChI is InChI=1S/C17H22ClN5O3/c1-10(26-13-6-4-12(18)5-7-13)8-19-17(25)20-9-14-21-16(23-22-14)15(24)11-2-3-11/h4-7,10-11,15,24H,2-3,8-9H2,1H3,(H2,19,20,25)(H,21,22,23)/t10-,15?/m0/s1. The fraction of sp³-hybridized carbons (Fsp3) is 0.471. The van der Waals surface area contributed by atoms with E-state index in [1.165, 1.54) is 0 Å². The van der Waals surface area contributed by atoms with Gasteiger partial charge in [-0.2, -0.15) is 5.10 Å². The number of halogens is 1. The summed E-state index contributed by atoms with van der Waals surface area (Å²) in [5.74, 6) is 1.83. The van der Waals surface area contributed by atoms with E-state index in [4.69, 9.17) is 16.3 Å². The highest BCUT2D eigenvalue weighted by molar-refractivity contribution is 6.30. The first-order valence-electron chi connectivity index (χ1n) is 8.54. The third kappa shape index (κ3) is 5.34. The van der Waals surface area contributed by atoms with Gasteiger partial charge in [0.1, 0.15) is 23.8 Å². The number of aliphatic hydroxyl groups is 1. The molecule has 1 aliphatic rings. The zero-order chi connectivity index (χ0) is 18.5. The first kappa shape index (κ1) is 18.5. The summed E-state index contributed by atoms with van der Waals surface area (Å²) >= 11 is 5.83. The highest BCUT2D eigenvalue weighted by atomic mass is 35.5. The van der Waals surface area contributed by atoms with Gasteiger partial charge in [-0.3, -0.25) is 5.10 Å². The zero-order valence-corrected chi connectivity index (χ0v) is 15.2. The summed E-state index contributed by atoms with van der Waals surface area (Å²) in [6.07, 6.45) is 1.18. The van der Waals surface area contributed by atoms with Gasteiger partial charge in [0.2, 0.25) is 0 Å². The number of carbonyl (C=O) groups excluding carboxylic acids is 1. The molecule has 140 valence electrons.